The number of carbonyl (C=O) groups excluding carboxylic acids is 1. The largest absolute Gasteiger partial charge is 0.484 e. The number of para-hydroxylation sites is 1. The highest BCUT2D eigenvalue weighted by atomic mass is 35.5. The van der Waals surface area contributed by atoms with Gasteiger partial charge in [-0.3, -0.25) is 4.79 Å². The van der Waals surface area contributed by atoms with E-state index in [9.17, 15) is 9.90 Å². The van der Waals surface area contributed by atoms with Gasteiger partial charge >= 0.3 is 0 Å². The van der Waals surface area contributed by atoms with Crippen LogP contribution in [-0.2, 0) is 4.79 Å². The Morgan fingerprint density at radius 2 is 2.04 bits per heavy atom. The number of aliphatic hydroxyl groups excluding tert-OH is 1. The highest BCUT2D eigenvalue weighted by molar-refractivity contribution is 6.35. The summed E-state index contributed by atoms with van der Waals surface area (Å²) in [5, 5.41) is 13.8. The van der Waals surface area contributed by atoms with Gasteiger partial charge in [0.2, 0.25) is 0 Å². The summed E-state index contributed by atoms with van der Waals surface area (Å²) in [6.07, 6.45) is 0.422. The number of hydrogen-bond donors (Lipinski definition) is 2. The summed E-state index contributed by atoms with van der Waals surface area (Å²) in [4.78, 5) is 19.1. The quantitative estimate of drug-likeness (QED) is 0.689. The predicted octanol–water partition coefficient (Wildman–Crippen LogP) is 3.48. The normalized spacial score (nSPS) is 16.4. The number of anilines is 2. The fourth-order valence-corrected chi connectivity index (χ4v) is 3.47. The standard InChI is InChI=1S/C21H20ClN3O3/c22-17-7-8-18-16(6-9-19(23-18)25-11-10-14(26)12-25)21(17)24-20(27)13-28-15-4-2-1-3-5-15/h1-9,14,26H,10-13H2,(H,24,27). The number of ether oxygens (including phenoxy) is 1. The zero-order valence-corrected chi connectivity index (χ0v) is 15.9. The molecule has 1 atom stereocenters. The Labute approximate surface area is 167 Å². The molecule has 1 amide bonds. The van der Waals surface area contributed by atoms with E-state index in [1.807, 2.05) is 41.3 Å². The van der Waals surface area contributed by atoms with Crippen molar-refractivity contribution in [2.45, 2.75) is 12.5 Å². The van der Waals surface area contributed by atoms with Gasteiger partial charge in [-0.1, -0.05) is 29.8 Å². The maximum absolute atomic E-state index is 12.3. The maximum atomic E-state index is 12.3. The Morgan fingerprint density at radius 3 is 2.79 bits per heavy atom. The van der Waals surface area contributed by atoms with E-state index >= 15 is 0 Å². The van der Waals surface area contributed by atoms with Gasteiger partial charge in [-0.05, 0) is 42.8 Å². The van der Waals surface area contributed by atoms with Crippen LogP contribution in [0.5, 0.6) is 5.75 Å². The molecule has 2 N–H and O–H groups in total. The smallest absolute Gasteiger partial charge is 0.262 e. The lowest BCUT2D eigenvalue weighted by molar-refractivity contribution is -0.118. The fraction of sp³-hybridized carbons (Fsp3) is 0.238. The molecule has 4 rings (SSSR count). The minimum Gasteiger partial charge on any atom is -0.484 e. The molecule has 6 nitrogen and oxygen atoms in total. The van der Waals surface area contributed by atoms with E-state index in [1.54, 1.807) is 18.2 Å². The van der Waals surface area contributed by atoms with Crippen LogP contribution in [0.25, 0.3) is 10.9 Å². The first-order valence-corrected chi connectivity index (χ1v) is 9.48. The lowest BCUT2D eigenvalue weighted by atomic mass is 10.1. The van der Waals surface area contributed by atoms with Gasteiger partial charge in [0.15, 0.2) is 6.61 Å². The average molecular weight is 398 g/mol. The number of nitrogens with zero attached hydrogens (tertiary/aromatic N) is 2. The predicted molar refractivity (Wildman–Crippen MR) is 110 cm³/mol. The number of rotatable bonds is 5. The van der Waals surface area contributed by atoms with Crippen molar-refractivity contribution in [1.29, 1.82) is 0 Å². The van der Waals surface area contributed by atoms with Crippen molar-refractivity contribution in [1.82, 2.24) is 4.98 Å². The molecular weight excluding hydrogens is 378 g/mol. The Balaban J connectivity index is 1.52. The number of amides is 1. The molecule has 2 heterocycles. The molecule has 0 aliphatic carbocycles. The van der Waals surface area contributed by atoms with Crippen molar-refractivity contribution in [3.8, 4) is 5.75 Å². The van der Waals surface area contributed by atoms with E-state index in [-0.39, 0.29) is 18.6 Å². The highest BCUT2D eigenvalue weighted by Gasteiger charge is 2.22. The Kier molecular flexibility index (Phi) is 5.32. The second-order valence-electron chi connectivity index (χ2n) is 6.70. The molecular formula is C21H20ClN3O3. The van der Waals surface area contributed by atoms with Gasteiger partial charge in [-0.15, -0.1) is 0 Å². The molecule has 28 heavy (non-hydrogen) atoms. The second-order valence-corrected chi connectivity index (χ2v) is 7.10. The van der Waals surface area contributed by atoms with Crippen LogP contribution in [0.3, 0.4) is 0 Å². The van der Waals surface area contributed by atoms with Crippen molar-refractivity contribution in [2.75, 3.05) is 29.9 Å². The summed E-state index contributed by atoms with van der Waals surface area (Å²) >= 11 is 6.32. The third-order valence-corrected chi connectivity index (χ3v) is 4.99. The monoisotopic (exact) mass is 397 g/mol. The zero-order valence-electron chi connectivity index (χ0n) is 15.1. The summed E-state index contributed by atoms with van der Waals surface area (Å²) in [5.74, 6) is 1.13. The number of fused-ring (bicyclic) bond motifs is 1. The second kappa shape index (κ2) is 8.04. The fourth-order valence-electron chi connectivity index (χ4n) is 3.26. The van der Waals surface area contributed by atoms with E-state index in [0.29, 0.717) is 23.0 Å². The van der Waals surface area contributed by atoms with Crippen LogP contribution in [0.15, 0.2) is 54.6 Å². The van der Waals surface area contributed by atoms with Crippen molar-refractivity contribution < 1.29 is 14.6 Å². The molecule has 1 saturated heterocycles. The summed E-state index contributed by atoms with van der Waals surface area (Å²) in [6.45, 7) is 1.23. The third kappa shape index (κ3) is 4.03. The number of carbonyl (C=O) groups is 1. The van der Waals surface area contributed by atoms with Gasteiger partial charge in [0.1, 0.15) is 11.6 Å². The number of β-amino-alcohol motifs (C(OH)–C–C–N with tert-alkyl or cyclic N) is 1. The van der Waals surface area contributed by atoms with Crippen LogP contribution >= 0.6 is 11.6 Å². The minimum absolute atomic E-state index is 0.117. The molecule has 3 aromatic rings. The first kappa shape index (κ1) is 18.5. The number of aliphatic hydroxyl groups is 1. The summed E-state index contributed by atoms with van der Waals surface area (Å²) in [6, 6.07) is 16.5. The van der Waals surface area contributed by atoms with Crippen LogP contribution in [0.4, 0.5) is 11.5 Å². The van der Waals surface area contributed by atoms with Gasteiger partial charge in [0.25, 0.3) is 5.91 Å². The van der Waals surface area contributed by atoms with Crippen LogP contribution in [0.1, 0.15) is 6.42 Å². The van der Waals surface area contributed by atoms with Crippen LogP contribution in [0.2, 0.25) is 5.02 Å². The van der Waals surface area contributed by atoms with E-state index in [2.05, 4.69) is 10.3 Å². The lowest BCUT2D eigenvalue weighted by Crippen LogP contribution is -2.22. The Morgan fingerprint density at radius 1 is 1.21 bits per heavy atom. The van der Waals surface area contributed by atoms with Gasteiger partial charge in [-0.2, -0.15) is 0 Å². The molecule has 1 unspecified atom stereocenters. The number of aromatic nitrogens is 1. The first-order valence-electron chi connectivity index (χ1n) is 9.10. The van der Waals surface area contributed by atoms with Crippen molar-refractivity contribution in [2.24, 2.45) is 0 Å². The van der Waals surface area contributed by atoms with E-state index in [1.165, 1.54) is 0 Å². The molecule has 144 valence electrons. The lowest BCUT2D eigenvalue weighted by Gasteiger charge is -2.18. The minimum atomic E-state index is -0.317. The Bertz CT molecular complexity index is 997. The van der Waals surface area contributed by atoms with E-state index in [0.717, 1.165) is 29.7 Å². The summed E-state index contributed by atoms with van der Waals surface area (Å²) in [7, 11) is 0. The van der Waals surface area contributed by atoms with Crippen molar-refractivity contribution in [3.63, 3.8) is 0 Å². The molecule has 0 radical (unpaired) electrons. The topological polar surface area (TPSA) is 74.7 Å². The third-order valence-electron chi connectivity index (χ3n) is 4.67. The molecule has 1 aromatic heterocycles. The molecule has 7 heteroatoms. The molecule has 0 saturated carbocycles. The van der Waals surface area contributed by atoms with E-state index in [4.69, 9.17) is 16.3 Å². The number of hydrogen-bond acceptors (Lipinski definition) is 5. The van der Waals surface area contributed by atoms with Gasteiger partial charge in [0, 0.05) is 18.5 Å². The summed E-state index contributed by atoms with van der Waals surface area (Å²) < 4.78 is 5.49. The molecule has 1 fully saturated rings. The molecule has 0 bridgehead atoms. The van der Waals surface area contributed by atoms with Gasteiger partial charge in [-0.25, -0.2) is 4.98 Å². The number of benzene rings is 2. The number of nitrogens with one attached hydrogen (secondary N) is 1. The molecule has 2 aromatic carbocycles. The Hall–Kier alpha value is -2.83. The summed E-state index contributed by atoms with van der Waals surface area (Å²) in [5.41, 5.74) is 1.24. The maximum Gasteiger partial charge on any atom is 0.262 e. The van der Waals surface area contributed by atoms with Crippen LogP contribution in [0, 0.1) is 0 Å². The zero-order chi connectivity index (χ0) is 19.5. The highest BCUT2D eigenvalue weighted by Crippen LogP contribution is 2.32. The van der Waals surface area contributed by atoms with Crippen LogP contribution in [-0.4, -0.2) is 41.8 Å². The average Bonchev–Trinajstić information content (AvgIpc) is 3.15. The van der Waals surface area contributed by atoms with Gasteiger partial charge in [0.05, 0.1) is 22.3 Å². The number of halogens is 1. The van der Waals surface area contributed by atoms with E-state index < -0.39 is 0 Å². The van der Waals surface area contributed by atoms with Crippen molar-refractivity contribution in [3.05, 3.63) is 59.6 Å². The molecule has 0 spiro atoms. The van der Waals surface area contributed by atoms with Gasteiger partial charge < -0.3 is 20.1 Å². The van der Waals surface area contributed by atoms with Crippen LogP contribution < -0.4 is 15.0 Å². The van der Waals surface area contributed by atoms with Crippen molar-refractivity contribution >= 4 is 39.9 Å². The molecule has 1 aliphatic rings. The number of pyridine rings is 1. The first-order chi connectivity index (χ1) is 13.6. The molecule has 1 aliphatic heterocycles. The SMILES string of the molecule is O=C(COc1ccccc1)Nc1c(Cl)ccc2nc(N3CCC(O)C3)ccc12.